The van der Waals surface area contributed by atoms with Crippen LogP contribution >= 0.6 is 22.0 Å². The van der Waals surface area contributed by atoms with Gasteiger partial charge in [0.15, 0.2) is 0 Å². The predicted octanol–water partition coefficient (Wildman–Crippen LogP) is 4.10. The van der Waals surface area contributed by atoms with Gasteiger partial charge in [0.05, 0.1) is 5.69 Å². The van der Waals surface area contributed by atoms with Crippen LogP contribution in [0.15, 0.2) is 33.0 Å². The first kappa shape index (κ1) is 13.6. The number of aromatic nitrogens is 1. The fraction of sp³-hybridized carbons (Fsp3) is 0.154. The molecule has 20 heavy (non-hydrogen) atoms. The molecule has 0 N–H and O–H groups in total. The molecule has 0 saturated heterocycles. The number of hydrogen-bond acceptors (Lipinski definition) is 5. The molecule has 0 spiro atoms. The third-order valence-corrected chi connectivity index (χ3v) is 6.25. The van der Waals surface area contributed by atoms with Gasteiger partial charge in [0.1, 0.15) is 9.97 Å². The van der Waals surface area contributed by atoms with Gasteiger partial charge in [-0.05, 0) is 43.0 Å². The van der Waals surface area contributed by atoms with Crippen LogP contribution in [0.3, 0.4) is 0 Å². The van der Waals surface area contributed by atoms with Gasteiger partial charge < -0.3 is 4.52 Å². The van der Waals surface area contributed by atoms with E-state index in [1.165, 1.54) is 0 Å². The first-order valence-electron chi connectivity index (χ1n) is 5.78. The van der Waals surface area contributed by atoms with Crippen molar-refractivity contribution in [2.24, 2.45) is 0 Å². The van der Waals surface area contributed by atoms with Crippen LogP contribution < -0.4 is 0 Å². The van der Waals surface area contributed by atoms with E-state index in [0.717, 1.165) is 44.0 Å². The summed E-state index contributed by atoms with van der Waals surface area (Å²) in [6.07, 6.45) is 0. The largest absolute Gasteiger partial charge is 0.361 e. The summed E-state index contributed by atoms with van der Waals surface area (Å²) in [5.41, 5.74) is 2.70. The Hall–Kier alpha value is -1.37. The Kier molecular flexibility index (Phi) is 3.12. The first-order valence-corrected chi connectivity index (χ1v) is 8.90. The van der Waals surface area contributed by atoms with E-state index in [2.05, 4.69) is 5.16 Å². The third-order valence-electron chi connectivity index (χ3n) is 3.06. The molecule has 0 saturated carbocycles. The zero-order valence-electron chi connectivity index (χ0n) is 10.7. The zero-order valence-corrected chi connectivity index (χ0v) is 13.1. The highest BCUT2D eigenvalue weighted by Crippen LogP contribution is 2.35. The minimum atomic E-state index is -3.69. The van der Waals surface area contributed by atoms with Gasteiger partial charge in [-0.3, -0.25) is 0 Å². The Morgan fingerprint density at radius 3 is 2.60 bits per heavy atom. The second kappa shape index (κ2) is 4.58. The molecular weight excluding hydrogens is 318 g/mol. The molecular formula is C13H10ClNO3S2. The number of aryl methyl sites for hydroxylation is 2. The number of hydrogen-bond donors (Lipinski definition) is 0. The molecule has 0 bridgehead atoms. The third kappa shape index (κ3) is 2.24. The van der Waals surface area contributed by atoms with Crippen molar-refractivity contribution in [3.8, 4) is 11.1 Å². The lowest BCUT2D eigenvalue weighted by Gasteiger charge is -2.00. The molecule has 0 atom stereocenters. The summed E-state index contributed by atoms with van der Waals surface area (Å²) in [5.74, 6) is 0.738. The lowest BCUT2D eigenvalue weighted by Crippen LogP contribution is -1.83. The Morgan fingerprint density at radius 2 is 2.00 bits per heavy atom. The molecule has 3 rings (SSSR count). The van der Waals surface area contributed by atoms with E-state index in [1.807, 2.05) is 32.0 Å². The van der Waals surface area contributed by atoms with Crippen molar-refractivity contribution in [1.29, 1.82) is 0 Å². The number of rotatable bonds is 2. The molecule has 0 aliphatic heterocycles. The predicted molar refractivity (Wildman–Crippen MR) is 79.8 cm³/mol. The number of halogens is 1. The maximum atomic E-state index is 11.4. The van der Waals surface area contributed by atoms with E-state index in [-0.39, 0.29) is 4.21 Å². The SMILES string of the molecule is Cc1noc(C)c1-c1ccc2sc(S(=O)(=O)Cl)cc2c1. The van der Waals surface area contributed by atoms with Crippen molar-refractivity contribution < 1.29 is 12.9 Å². The summed E-state index contributed by atoms with van der Waals surface area (Å²) in [4.78, 5) is 0. The van der Waals surface area contributed by atoms with Gasteiger partial charge in [-0.2, -0.15) is 0 Å². The highest BCUT2D eigenvalue weighted by Gasteiger charge is 2.16. The average molecular weight is 328 g/mol. The maximum absolute atomic E-state index is 11.4. The summed E-state index contributed by atoms with van der Waals surface area (Å²) in [6, 6.07) is 7.32. The van der Waals surface area contributed by atoms with Crippen LogP contribution in [0.25, 0.3) is 21.2 Å². The maximum Gasteiger partial charge on any atom is 0.270 e. The Labute approximate surface area is 124 Å². The van der Waals surface area contributed by atoms with Crippen molar-refractivity contribution in [3.05, 3.63) is 35.7 Å². The highest BCUT2D eigenvalue weighted by atomic mass is 35.7. The minimum absolute atomic E-state index is 0.157. The van der Waals surface area contributed by atoms with E-state index in [4.69, 9.17) is 15.2 Å². The van der Waals surface area contributed by atoms with Gasteiger partial charge in [0, 0.05) is 20.9 Å². The zero-order chi connectivity index (χ0) is 14.5. The van der Waals surface area contributed by atoms with Crippen molar-refractivity contribution in [2.75, 3.05) is 0 Å². The first-order chi connectivity index (χ1) is 9.36. The van der Waals surface area contributed by atoms with Gasteiger partial charge in [0.2, 0.25) is 0 Å². The quantitative estimate of drug-likeness (QED) is 0.665. The van der Waals surface area contributed by atoms with E-state index in [0.29, 0.717) is 0 Å². The smallest absolute Gasteiger partial charge is 0.270 e. The molecule has 1 aromatic carbocycles. The summed E-state index contributed by atoms with van der Waals surface area (Å²) < 4.78 is 28.9. The van der Waals surface area contributed by atoms with Crippen LogP contribution in [-0.4, -0.2) is 13.6 Å². The van der Waals surface area contributed by atoms with E-state index in [1.54, 1.807) is 6.07 Å². The molecule has 0 radical (unpaired) electrons. The molecule has 4 nitrogen and oxygen atoms in total. The topological polar surface area (TPSA) is 60.2 Å². The fourth-order valence-electron chi connectivity index (χ4n) is 2.19. The lowest BCUT2D eigenvalue weighted by molar-refractivity contribution is 0.393. The molecule has 0 fully saturated rings. The van der Waals surface area contributed by atoms with Crippen LogP contribution in [0.2, 0.25) is 0 Å². The molecule has 2 heterocycles. The van der Waals surface area contributed by atoms with Crippen LogP contribution in [0.5, 0.6) is 0 Å². The number of fused-ring (bicyclic) bond motifs is 1. The second-order valence-electron chi connectivity index (χ2n) is 4.46. The van der Waals surface area contributed by atoms with Gasteiger partial charge in [-0.15, -0.1) is 11.3 Å². The number of benzene rings is 1. The monoisotopic (exact) mass is 327 g/mol. The molecule has 7 heteroatoms. The van der Waals surface area contributed by atoms with E-state index >= 15 is 0 Å². The van der Waals surface area contributed by atoms with E-state index in [9.17, 15) is 8.42 Å². The fourth-order valence-corrected chi connectivity index (χ4v) is 4.32. The Morgan fingerprint density at radius 1 is 1.25 bits per heavy atom. The van der Waals surface area contributed by atoms with Crippen LogP contribution in [-0.2, 0) is 9.05 Å². The van der Waals surface area contributed by atoms with Crippen molar-refractivity contribution in [2.45, 2.75) is 18.1 Å². The van der Waals surface area contributed by atoms with Crippen LogP contribution in [0, 0.1) is 13.8 Å². The van der Waals surface area contributed by atoms with Gasteiger partial charge >= 0.3 is 0 Å². The molecule has 104 valence electrons. The summed E-state index contributed by atoms with van der Waals surface area (Å²) in [6.45, 7) is 3.72. The molecule has 0 unspecified atom stereocenters. The molecule has 2 aromatic heterocycles. The summed E-state index contributed by atoms with van der Waals surface area (Å²) >= 11 is 1.16. The highest BCUT2D eigenvalue weighted by molar-refractivity contribution is 8.15. The molecule has 3 aromatic rings. The van der Waals surface area contributed by atoms with Gasteiger partial charge in [-0.1, -0.05) is 11.2 Å². The standard InChI is InChI=1S/C13H10ClNO3S2/c1-7-13(8(2)18-15-7)9-3-4-11-10(5-9)6-12(19-11)20(14,16)17/h3-6H,1-2H3. The van der Waals surface area contributed by atoms with Crippen molar-refractivity contribution in [1.82, 2.24) is 5.16 Å². The Balaban J connectivity index is 2.21. The van der Waals surface area contributed by atoms with Gasteiger partial charge in [0.25, 0.3) is 9.05 Å². The second-order valence-corrected chi connectivity index (χ2v) is 8.33. The van der Waals surface area contributed by atoms with Crippen LogP contribution in [0.1, 0.15) is 11.5 Å². The average Bonchev–Trinajstić information content (AvgIpc) is 2.92. The van der Waals surface area contributed by atoms with E-state index < -0.39 is 9.05 Å². The molecule has 0 aliphatic rings. The minimum Gasteiger partial charge on any atom is -0.361 e. The lowest BCUT2D eigenvalue weighted by atomic mass is 10.0. The Bertz CT molecular complexity index is 889. The van der Waals surface area contributed by atoms with Crippen LogP contribution in [0.4, 0.5) is 0 Å². The molecule has 0 amide bonds. The summed E-state index contributed by atoms with van der Waals surface area (Å²) in [5, 5.41) is 4.77. The molecule has 0 aliphatic carbocycles. The normalized spacial score (nSPS) is 12.2. The van der Waals surface area contributed by atoms with Gasteiger partial charge in [-0.25, -0.2) is 8.42 Å². The van der Waals surface area contributed by atoms with Crippen molar-refractivity contribution in [3.63, 3.8) is 0 Å². The number of nitrogens with zero attached hydrogens (tertiary/aromatic N) is 1. The van der Waals surface area contributed by atoms with Crippen molar-refractivity contribution >= 4 is 41.2 Å². The number of thiophene rings is 1. The summed E-state index contributed by atoms with van der Waals surface area (Å²) in [7, 11) is 1.69.